The summed E-state index contributed by atoms with van der Waals surface area (Å²) in [6.45, 7) is 2.03. The number of anilines is 2. The van der Waals surface area contributed by atoms with Gasteiger partial charge in [0.1, 0.15) is 11.6 Å². The predicted molar refractivity (Wildman–Crippen MR) is 139 cm³/mol. The van der Waals surface area contributed by atoms with Crippen molar-refractivity contribution in [1.29, 1.82) is 5.26 Å². The van der Waals surface area contributed by atoms with Gasteiger partial charge in [-0.05, 0) is 85.3 Å². The van der Waals surface area contributed by atoms with E-state index in [0.29, 0.717) is 23.7 Å². The molecule has 0 spiro atoms. The highest BCUT2D eigenvalue weighted by Crippen LogP contribution is 2.27. The molecule has 6 heteroatoms. The van der Waals surface area contributed by atoms with Crippen molar-refractivity contribution in [2.75, 3.05) is 23.3 Å². The van der Waals surface area contributed by atoms with E-state index in [1.807, 2.05) is 36.5 Å². The Morgan fingerprint density at radius 1 is 0.886 bits per heavy atom. The first-order chi connectivity index (χ1) is 17.2. The monoisotopic (exact) mass is 469 g/mol. The number of benzene rings is 2. The van der Waals surface area contributed by atoms with Crippen LogP contribution in [-0.4, -0.2) is 36.2 Å². The Labute approximate surface area is 207 Å². The quantitative estimate of drug-likeness (QED) is 0.482. The third-order valence-corrected chi connectivity index (χ3v) is 7.27. The van der Waals surface area contributed by atoms with Crippen LogP contribution in [-0.2, 0) is 0 Å². The molecule has 2 heterocycles. The minimum atomic E-state index is -0.224. The summed E-state index contributed by atoms with van der Waals surface area (Å²) in [6.07, 6.45) is 8.89. The molecule has 3 atom stereocenters. The van der Waals surface area contributed by atoms with Crippen LogP contribution < -0.4 is 15.5 Å². The molecule has 1 aliphatic heterocycles. The van der Waals surface area contributed by atoms with Gasteiger partial charge >= 0.3 is 0 Å². The summed E-state index contributed by atoms with van der Waals surface area (Å²) in [5.74, 6) is 0.645. The van der Waals surface area contributed by atoms with Gasteiger partial charge in [0.15, 0.2) is 0 Å². The summed E-state index contributed by atoms with van der Waals surface area (Å²) in [5, 5.41) is 16.8. The molecule has 2 N–H and O–H groups in total. The van der Waals surface area contributed by atoms with E-state index < -0.39 is 0 Å². The number of rotatable bonds is 6. The summed E-state index contributed by atoms with van der Waals surface area (Å²) in [5.41, 5.74) is 3.91. The molecule has 1 aromatic heterocycles. The molecule has 0 radical (unpaired) electrons. The summed E-state index contributed by atoms with van der Waals surface area (Å²) < 4.78 is 13.3. The molecule has 1 saturated heterocycles. The fourth-order valence-electron chi connectivity index (χ4n) is 5.42. The second-order valence-electron chi connectivity index (χ2n) is 9.69. The number of pyridine rings is 1. The number of hydrogen-bond acceptors (Lipinski definition) is 5. The smallest absolute Gasteiger partial charge is 0.126 e. The maximum absolute atomic E-state index is 13.3. The molecule has 180 valence electrons. The van der Waals surface area contributed by atoms with Gasteiger partial charge in [-0.2, -0.15) is 5.26 Å². The third-order valence-electron chi connectivity index (χ3n) is 7.27. The Hall–Kier alpha value is -3.43. The minimum Gasteiger partial charge on any atom is -0.370 e. The van der Waals surface area contributed by atoms with Gasteiger partial charge < -0.3 is 15.5 Å². The van der Waals surface area contributed by atoms with Crippen LogP contribution >= 0.6 is 0 Å². The largest absolute Gasteiger partial charge is 0.370 e. The molecular formula is C29H32FN5. The van der Waals surface area contributed by atoms with Crippen LogP contribution in [0, 0.1) is 17.1 Å². The molecule has 2 aliphatic rings. The predicted octanol–water partition coefficient (Wildman–Crippen LogP) is 5.74. The summed E-state index contributed by atoms with van der Waals surface area (Å²) in [6, 6.07) is 21.9. The van der Waals surface area contributed by atoms with Gasteiger partial charge in [-0.3, -0.25) is 0 Å². The normalized spacial score (nSPS) is 22.4. The lowest BCUT2D eigenvalue weighted by Crippen LogP contribution is -2.54. The minimum absolute atomic E-state index is 0.224. The van der Waals surface area contributed by atoms with Crippen molar-refractivity contribution in [3.05, 3.63) is 78.2 Å². The van der Waals surface area contributed by atoms with Crippen LogP contribution in [0.1, 0.15) is 44.1 Å². The van der Waals surface area contributed by atoms with Gasteiger partial charge in [0.2, 0.25) is 0 Å². The average Bonchev–Trinajstić information content (AvgIpc) is 2.91. The highest BCUT2D eigenvalue weighted by Gasteiger charge is 2.29. The molecule has 0 bridgehead atoms. The van der Waals surface area contributed by atoms with E-state index in [1.54, 1.807) is 0 Å². The van der Waals surface area contributed by atoms with Crippen LogP contribution in [0.3, 0.4) is 0 Å². The Morgan fingerprint density at radius 2 is 1.66 bits per heavy atom. The van der Waals surface area contributed by atoms with E-state index in [-0.39, 0.29) is 5.82 Å². The Kier molecular flexibility index (Phi) is 7.25. The van der Waals surface area contributed by atoms with Crippen LogP contribution in [0.5, 0.6) is 0 Å². The van der Waals surface area contributed by atoms with Gasteiger partial charge in [-0.1, -0.05) is 25.0 Å². The van der Waals surface area contributed by atoms with E-state index in [2.05, 4.69) is 44.8 Å². The summed E-state index contributed by atoms with van der Waals surface area (Å²) >= 11 is 0. The molecule has 35 heavy (non-hydrogen) atoms. The van der Waals surface area contributed by atoms with Crippen molar-refractivity contribution < 1.29 is 4.39 Å². The maximum Gasteiger partial charge on any atom is 0.126 e. The average molecular weight is 470 g/mol. The van der Waals surface area contributed by atoms with Crippen LogP contribution in [0.15, 0.2) is 66.9 Å². The second-order valence-corrected chi connectivity index (χ2v) is 9.69. The lowest BCUT2D eigenvalue weighted by Gasteiger charge is -2.40. The van der Waals surface area contributed by atoms with Gasteiger partial charge in [-0.25, -0.2) is 9.37 Å². The number of aromatic nitrogens is 1. The molecule has 3 aromatic rings. The zero-order chi connectivity index (χ0) is 24.0. The first-order valence-electron chi connectivity index (χ1n) is 12.7. The van der Waals surface area contributed by atoms with Crippen LogP contribution in [0.4, 0.5) is 15.9 Å². The van der Waals surface area contributed by atoms with E-state index >= 15 is 0 Å². The zero-order valence-corrected chi connectivity index (χ0v) is 20.0. The second kappa shape index (κ2) is 10.9. The highest BCUT2D eigenvalue weighted by molar-refractivity contribution is 5.66. The standard InChI is InChI=1S/C29H32FN5/c30-24-11-9-22(10-12-24)23-15-16-32-29(18-23)34-28-6-2-1-5-27(28)33-25-4-3-17-35(20-25)26-13-7-21(19-31)8-14-26/h7-16,18,25,27-28,33H,1-6,17,20H2,(H,32,34). The number of hydrogen-bond donors (Lipinski definition) is 2. The molecule has 5 rings (SSSR count). The molecule has 2 aromatic carbocycles. The Balaban J connectivity index is 1.24. The van der Waals surface area contributed by atoms with E-state index in [0.717, 1.165) is 49.3 Å². The molecule has 1 aliphatic carbocycles. The molecule has 0 amide bonds. The Morgan fingerprint density at radius 3 is 2.43 bits per heavy atom. The van der Waals surface area contributed by atoms with E-state index in [4.69, 9.17) is 5.26 Å². The molecule has 5 nitrogen and oxygen atoms in total. The summed E-state index contributed by atoms with van der Waals surface area (Å²) in [4.78, 5) is 7.01. The fraction of sp³-hybridized carbons (Fsp3) is 0.379. The van der Waals surface area contributed by atoms with Crippen molar-refractivity contribution in [2.45, 2.75) is 56.7 Å². The van der Waals surface area contributed by atoms with Crippen molar-refractivity contribution in [3.8, 4) is 17.2 Å². The molecule has 2 fully saturated rings. The number of nitrogens with zero attached hydrogens (tertiary/aromatic N) is 3. The highest BCUT2D eigenvalue weighted by atomic mass is 19.1. The number of piperidine rings is 1. The van der Waals surface area contributed by atoms with Gasteiger partial charge in [0.25, 0.3) is 0 Å². The fourth-order valence-corrected chi connectivity index (χ4v) is 5.42. The first-order valence-corrected chi connectivity index (χ1v) is 12.7. The van der Waals surface area contributed by atoms with Gasteiger partial charge in [-0.15, -0.1) is 0 Å². The molecule has 1 saturated carbocycles. The maximum atomic E-state index is 13.3. The zero-order valence-electron chi connectivity index (χ0n) is 20.0. The van der Waals surface area contributed by atoms with Crippen molar-refractivity contribution in [3.63, 3.8) is 0 Å². The van der Waals surface area contributed by atoms with Crippen molar-refractivity contribution >= 4 is 11.5 Å². The number of nitriles is 1. The number of nitrogens with one attached hydrogen (secondary N) is 2. The lowest BCUT2D eigenvalue weighted by atomic mass is 9.89. The molecule has 3 unspecified atom stereocenters. The Bertz CT molecular complexity index is 1150. The van der Waals surface area contributed by atoms with Gasteiger partial charge in [0, 0.05) is 43.1 Å². The lowest BCUT2D eigenvalue weighted by molar-refractivity contribution is 0.293. The van der Waals surface area contributed by atoms with Gasteiger partial charge in [0.05, 0.1) is 11.6 Å². The topological polar surface area (TPSA) is 64.0 Å². The van der Waals surface area contributed by atoms with Crippen LogP contribution in [0.2, 0.25) is 0 Å². The van der Waals surface area contributed by atoms with E-state index in [1.165, 1.54) is 37.1 Å². The van der Waals surface area contributed by atoms with Crippen molar-refractivity contribution in [1.82, 2.24) is 10.3 Å². The van der Waals surface area contributed by atoms with E-state index in [9.17, 15) is 4.39 Å². The molecular weight excluding hydrogens is 437 g/mol. The third kappa shape index (κ3) is 5.80. The first kappa shape index (κ1) is 23.3. The summed E-state index contributed by atoms with van der Waals surface area (Å²) in [7, 11) is 0. The number of halogens is 1. The van der Waals surface area contributed by atoms with Crippen LogP contribution in [0.25, 0.3) is 11.1 Å². The van der Waals surface area contributed by atoms with Crippen molar-refractivity contribution in [2.24, 2.45) is 0 Å². The SMILES string of the molecule is N#Cc1ccc(N2CCCC(NC3CCCCC3Nc3cc(-c4ccc(F)cc4)ccn3)C2)cc1.